The van der Waals surface area contributed by atoms with E-state index < -0.39 is 0 Å². The standard InChI is InChI=1S/C17H26O3/c1-5-13(6-2)11-15(18)14-9-10-16(19-7-3)17(12-14)20-8-4/h9-10,12-13H,5-8,11H2,1-4H3. The summed E-state index contributed by atoms with van der Waals surface area (Å²) in [7, 11) is 0. The molecule has 0 aromatic heterocycles. The lowest BCUT2D eigenvalue weighted by molar-refractivity contribution is 0.0958. The van der Waals surface area contributed by atoms with Crippen molar-refractivity contribution in [3.05, 3.63) is 23.8 Å². The van der Waals surface area contributed by atoms with Gasteiger partial charge < -0.3 is 9.47 Å². The number of rotatable bonds is 9. The van der Waals surface area contributed by atoms with Gasteiger partial charge in [-0.05, 0) is 38.0 Å². The molecule has 0 heterocycles. The number of hydrogen-bond acceptors (Lipinski definition) is 3. The van der Waals surface area contributed by atoms with Crippen LogP contribution in [0.1, 0.15) is 57.3 Å². The SMILES string of the molecule is CCOc1ccc(C(=O)CC(CC)CC)cc1OCC. The number of carbonyl (C=O) groups excluding carboxylic acids is 1. The molecule has 3 nitrogen and oxygen atoms in total. The number of benzene rings is 1. The van der Waals surface area contributed by atoms with Gasteiger partial charge in [-0.15, -0.1) is 0 Å². The van der Waals surface area contributed by atoms with E-state index in [0.29, 0.717) is 42.6 Å². The van der Waals surface area contributed by atoms with E-state index in [-0.39, 0.29) is 5.78 Å². The van der Waals surface area contributed by atoms with Gasteiger partial charge in [-0.1, -0.05) is 26.7 Å². The first-order valence-electron chi connectivity index (χ1n) is 7.58. The Balaban J connectivity index is 2.89. The first-order chi connectivity index (χ1) is 9.65. The molecule has 0 aliphatic carbocycles. The molecule has 20 heavy (non-hydrogen) atoms. The fourth-order valence-corrected chi connectivity index (χ4v) is 2.18. The molecule has 3 heteroatoms. The highest BCUT2D eigenvalue weighted by Gasteiger charge is 2.15. The molecule has 0 aliphatic heterocycles. The molecule has 0 aliphatic rings. The molecule has 0 saturated heterocycles. The molecular formula is C17H26O3. The van der Waals surface area contributed by atoms with Crippen molar-refractivity contribution >= 4 is 5.78 Å². The van der Waals surface area contributed by atoms with E-state index in [4.69, 9.17) is 9.47 Å². The number of carbonyl (C=O) groups is 1. The first kappa shape index (κ1) is 16.5. The maximum absolute atomic E-state index is 12.3. The maximum atomic E-state index is 12.3. The van der Waals surface area contributed by atoms with Gasteiger partial charge in [0.15, 0.2) is 17.3 Å². The van der Waals surface area contributed by atoms with Crippen LogP contribution in [0.2, 0.25) is 0 Å². The van der Waals surface area contributed by atoms with E-state index in [9.17, 15) is 4.79 Å². The van der Waals surface area contributed by atoms with Crippen molar-refractivity contribution in [3.63, 3.8) is 0 Å². The Labute approximate surface area is 122 Å². The van der Waals surface area contributed by atoms with Crippen LogP contribution in [0.4, 0.5) is 0 Å². The van der Waals surface area contributed by atoms with Crippen LogP contribution >= 0.6 is 0 Å². The Bertz CT molecular complexity index is 422. The Morgan fingerprint density at radius 1 is 1.00 bits per heavy atom. The second-order valence-corrected chi connectivity index (χ2v) is 4.84. The molecule has 0 radical (unpaired) electrons. The molecular weight excluding hydrogens is 252 g/mol. The van der Waals surface area contributed by atoms with E-state index in [1.807, 2.05) is 26.0 Å². The fourth-order valence-electron chi connectivity index (χ4n) is 2.18. The molecule has 1 rings (SSSR count). The lowest BCUT2D eigenvalue weighted by Gasteiger charge is -2.14. The van der Waals surface area contributed by atoms with Crippen molar-refractivity contribution in [2.75, 3.05) is 13.2 Å². The minimum absolute atomic E-state index is 0.183. The second-order valence-electron chi connectivity index (χ2n) is 4.84. The zero-order valence-corrected chi connectivity index (χ0v) is 13.1. The number of ketones is 1. The van der Waals surface area contributed by atoms with E-state index in [0.717, 1.165) is 12.8 Å². The Kier molecular flexibility index (Phi) is 7.13. The van der Waals surface area contributed by atoms with Crippen LogP contribution in [0.3, 0.4) is 0 Å². The van der Waals surface area contributed by atoms with Crippen LogP contribution in [0, 0.1) is 5.92 Å². The van der Waals surface area contributed by atoms with Crippen LogP contribution in [0.25, 0.3) is 0 Å². The van der Waals surface area contributed by atoms with Gasteiger partial charge in [0, 0.05) is 12.0 Å². The highest BCUT2D eigenvalue weighted by atomic mass is 16.5. The van der Waals surface area contributed by atoms with Gasteiger partial charge in [-0.2, -0.15) is 0 Å². The summed E-state index contributed by atoms with van der Waals surface area (Å²) in [6.45, 7) is 9.26. The third kappa shape index (κ3) is 4.55. The summed E-state index contributed by atoms with van der Waals surface area (Å²) in [5, 5.41) is 0. The summed E-state index contributed by atoms with van der Waals surface area (Å²) >= 11 is 0. The normalized spacial score (nSPS) is 10.7. The van der Waals surface area contributed by atoms with Crippen molar-refractivity contribution in [2.24, 2.45) is 5.92 Å². The van der Waals surface area contributed by atoms with Crippen LogP contribution < -0.4 is 9.47 Å². The molecule has 0 unspecified atom stereocenters. The lowest BCUT2D eigenvalue weighted by Crippen LogP contribution is -2.08. The molecule has 0 atom stereocenters. The topological polar surface area (TPSA) is 35.5 Å². The predicted octanol–water partition coefficient (Wildman–Crippen LogP) is 4.49. The first-order valence-corrected chi connectivity index (χ1v) is 7.58. The monoisotopic (exact) mass is 278 g/mol. The Morgan fingerprint density at radius 3 is 2.15 bits per heavy atom. The van der Waals surface area contributed by atoms with Crippen molar-refractivity contribution in [1.82, 2.24) is 0 Å². The van der Waals surface area contributed by atoms with E-state index in [2.05, 4.69) is 13.8 Å². The van der Waals surface area contributed by atoms with Crippen LogP contribution in [0.5, 0.6) is 11.5 Å². The van der Waals surface area contributed by atoms with Crippen LogP contribution in [0.15, 0.2) is 18.2 Å². The smallest absolute Gasteiger partial charge is 0.163 e. The van der Waals surface area contributed by atoms with Crippen molar-refractivity contribution in [3.8, 4) is 11.5 Å². The number of hydrogen-bond donors (Lipinski definition) is 0. The molecule has 0 fully saturated rings. The van der Waals surface area contributed by atoms with E-state index in [1.165, 1.54) is 0 Å². The summed E-state index contributed by atoms with van der Waals surface area (Å²) in [6.07, 6.45) is 2.68. The third-order valence-corrected chi connectivity index (χ3v) is 3.49. The van der Waals surface area contributed by atoms with Crippen molar-refractivity contribution < 1.29 is 14.3 Å². The quantitative estimate of drug-likeness (QED) is 0.624. The third-order valence-electron chi connectivity index (χ3n) is 3.49. The average Bonchev–Trinajstić information content (AvgIpc) is 2.46. The molecule has 1 aromatic carbocycles. The minimum atomic E-state index is 0.183. The zero-order valence-electron chi connectivity index (χ0n) is 13.1. The molecule has 112 valence electrons. The van der Waals surface area contributed by atoms with Gasteiger partial charge in [0.05, 0.1) is 13.2 Å². The van der Waals surface area contributed by atoms with Gasteiger partial charge >= 0.3 is 0 Å². The minimum Gasteiger partial charge on any atom is -0.490 e. The molecule has 0 saturated carbocycles. The van der Waals surface area contributed by atoms with Gasteiger partial charge in [0.1, 0.15) is 0 Å². The fraction of sp³-hybridized carbons (Fsp3) is 0.588. The maximum Gasteiger partial charge on any atom is 0.163 e. The van der Waals surface area contributed by atoms with E-state index >= 15 is 0 Å². The van der Waals surface area contributed by atoms with Gasteiger partial charge in [0.2, 0.25) is 0 Å². The summed E-state index contributed by atoms with van der Waals surface area (Å²) in [6, 6.07) is 5.46. The molecule has 0 bridgehead atoms. The van der Waals surface area contributed by atoms with Crippen LogP contribution in [-0.4, -0.2) is 19.0 Å². The molecule has 1 aromatic rings. The Hall–Kier alpha value is -1.51. The van der Waals surface area contributed by atoms with Gasteiger partial charge in [-0.25, -0.2) is 0 Å². The molecule has 0 N–H and O–H groups in total. The van der Waals surface area contributed by atoms with Crippen molar-refractivity contribution in [1.29, 1.82) is 0 Å². The summed E-state index contributed by atoms with van der Waals surface area (Å²) in [5.41, 5.74) is 0.712. The molecule has 0 amide bonds. The second kappa shape index (κ2) is 8.62. The summed E-state index contributed by atoms with van der Waals surface area (Å²) < 4.78 is 11.1. The summed E-state index contributed by atoms with van der Waals surface area (Å²) in [5.74, 6) is 2.01. The lowest BCUT2D eigenvalue weighted by atomic mass is 9.94. The summed E-state index contributed by atoms with van der Waals surface area (Å²) in [4.78, 5) is 12.3. The number of ether oxygens (including phenoxy) is 2. The molecule has 0 spiro atoms. The van der Waals surface area contributed by atoms with Gasteiger partial charge in [0.25, 0.3) is 0 Å². The predicted molar refractivity (Wildman–Crippen MR) is 81.8 cm³/mol. The highest BCUT2D eigenvalue weighted by Crippen LogP contribution is 2.29. The van der Waals surface area contributed by atoms with Gasteiger partial charge in [-0.3, -0.25) is 4.79 Å². The zero-order chi connectivity index (χ0) is 15.0. The van der Waals surface area contributed by atoms with Crippen LogP contribution in [-0.2, 0) is 0 Å². The highest BCUT2D eigenvalue weighted by molar-refractivity contribution is 5.96. The van der Waals surface area contributed by atoms with Crippen molar-refractivity contribution in [2.45, 2.75) is 47.0 Å². The number of Topliss-reactive ketones (excluding diaryl/α,β-unsaturated/α-hetero) is 1. The average molecular weight is 278 g/mol. The largest absolute Gasteiger partial charge is 0.490 e. The Morgan fingerprint density at radius 2 is 1.60 bits per heavy atom. The van der Waals surface area contributed by atoms with E-state index in [1.54, 1.807) is 6.07 Å².